The van der Waals surface area contributed by atoms with E-state index in [1.807, 2.05) is 24.3 Å². The summed E-state index contributed by atoms with van der Waals surface area (Å²) in [4.78, 5) is 25.5. The number of primary amides is 1. The van der Waals surface area contributed by atoms with E-state index < -0.39 is 18.1 Å². The van der Waals surface area contributed by atoms with Crippen molar-refractivity contribution in [1.29, 1.82) is 0 Å². The number of carbonyl (C=O) groups excluding carboxylic acids is 2. The van der Waals surface area contributed by atoms with Crippen LogP contribution in [0.1, 0.15) is 41.5 Å². The fraction of sp³-hybridized carbons (Fsp3) is 0.300. The van der Waals surface area contributed by atoms with Crippen LogP contribution >= 0.6 is 11.6 Å². The van der Waals surface area contributed by atoms with Gasteiger partial charge in [-0.05, 0) is 47.6 Å². The molecule has 0 bridgehead atoms. The highest BCUT2D eigenvalue weighted by molar-refractivity contribution is 6.30. The Morgan fingerprint density at radius 2 is 1.88 bits per heavy atom. The molecular formula is C20H19ClN2O3. The fourth-order valence-electron chi connectivity index (χ4n) is 3.44. The summed E-state index contributed by atoms with van der Waals surface area (Å²) in [5, 5.41) is 0.623. The molecule has 26 heavy (non-hydrogen) atoms. The van der Waals surface area contributed by atoms with Crippen LogP contribution in [-0.4, -0.2) is 29.5 Å². The summed E-state index contributed by atoms with van der Waals surface area (Å²) in [5.41, 5.74) is 8.50. The van der Waals surface area contributed by atoms with Crippen LogP contribution in [0.15, 0.2) is 48.5 Å². The maximum atomic E-state index is 12.4. The minimum atomic E-state index is -0.927. The molecule has 1 saturated carbocycles. The standard InChI is InChI=1S/C20H19ClN2O3/c21-16-8-6-13(7-9-16)18(23-11-17(19(22)24)26-20(23)25)15-3-1-2-14(10-15)12-4-5-12/h1-3,6-10,12,17-18H,4-5,11H2,(H2,22,24)/t17?,18-/m0/s1. The normalized spacial score (nSPS) is 20.7. The van der Waals surface area contributed by atoms with Crippen LogP contribution in [0, 0.1) is 0 Å². The number of halogens is 1. The van der Waals surface area contributed by atoms with Gasteiger partial charge in [0.2, 0.25) is 0 Å². The number of cyclic esters (lactones) is 1. The Morgan fingerprint density at radius 3 is 2.50 bits per heavy atom. The molecular weight excluding hydrogens is 352 g/mol. The number of amides is 2. The molecule has 5 nitrogen and oxygen atoms in total. The molecule has 0 aromatic heterocycles. The highest BCUT2D eigenvalue weighted by atomic mass is 35.5. The second-order valence-corrected chi connectivity index (χ2v) is 7.26. The van der Waals surface area contributed by atoms with E-state index in [0.29, 0.717) is 10.9 Å². The second kappa shape index (κ2) is 6.65. The Morgan fingerprint density at radius 1 is 1.15 bits per heavy atom. The van der Waals surface area contributed by atoms with Gasteiger partial charge in [0.05, 0.1) is 12.6 Å². The molecule has 6 heteroatoms. The third kappa shape index (κ3) is 3.27. The Kier molecular flexibility index (Phi) is 4.32. The van der Waals surface area contributed by atoms with Gasteiger partial charge >= 0.3 is 6.09 Å². The van der Waals surface area contributed by atoms with E-state index in [9.17, 15) is 9.59 Å². The van der Waals surface area contributed by atoms with E-state index in [4.69, 9.17) is 22.1 Å². The fourth-order valence-corrected chi connectivity index (χ4v) is 3.56. The summed E-state index contributed by atoms with van der Waals surface area (Å²) >= 11 is 6.02. The molecule has 4 rings (SSSR count). The summed E-state index contributed by atoms with van der Waals surface area (Å²) in [5.74, 6) is -0.0350. The molecule has 0 radical (unpaired) electrons. The first-order chi connectivity index (χ1) is 12.5. The molecule has 1 heterocycles. The van der Waals surface area contributed by atoms with Crippen LogP contribution < -0.4 is 5.73 Å². The minimum absolute atomic E-state index is 0.134. The molecule has 1 saturated heterocycles. The van der Waals surface area contributed by atoms with Crippen molar-refractivity contribution in [2.45, 2.75) is 30.9 Å². The van der Waals surface area contributed by atoms with Crippen molar-refractivity contribution in [2.24, 2.45) is 5.73 Å². The van der Waals surface area contributed by atoms with Gasteiger partial charge in [-0.3, -0.25) is 9.69 Å². The Hall–Kier alpha value is -2.53. The number of benzene rings is 2. The molecule has 1 unspecified atom stereocenters. The van der Waals surface area contributed by atoms with Crippen molar-refractivity contribution in [3.63, 3.8) is 0 Å². The first kappa shape index (κ1) is 16.9. The van der Waals surface area contributed by atoms with Crippen LogP contribution in [-0.2, 0) is 9.53 Å². The van der Waals surface area contributed by atoms with E-state index in [2.05, 4.69) is 12.1 Å². The number of hydrogen-bond donors (Lipinski definition) is 1. The smallest absolute Gasteiger partial charge is 0.411 e. The number of ether oxygens (including phenoxy) is 1. The number of rotatable bonds is 5. The molecule has 2 atom stereocenters. The van der Waals surface area contributed by atoms with E-state index in [1.54, 1.807) is 17.0 Å². The molecule has 2 aliphatic rings. The van der Waals surface area contributed by atoms with Crippen molar-refractivity contribution in [3.05, 3.63) is 70.2 Å². The molecule has 2 N–H and O–H groups in total. The summed E-state index contributed by atoms with van der Waals surface area (Å²) in [6, 6.07) is 15.3. The summed E-state index contributed by atoms with van der Waals surface area (Å²) in [7, 11) is 0. The predicted octanol–water partition coefficient (Wildman–Crippen LogP) is 3.61. The van der Waals surface area contributed by atoms with Gasteiger partial charge < -0.3 is 10.5 Å². The van der Waals surface area contributed by atoms with Crippen LogP contribution in [0.2, 0.25) is 5.02 Å². The van der Waals surface area contributed by atoms with Crippen LogP contribution in [0.4, 0.5) is 4.79 Å². The molecule has 2 aromatic rings. The Bertz CT molecular complexity index is 848. The summed E-state index contributed by atoms with van der Waals surface area (Å²) in [6.45, 7) is 0.134. The zero-order valence-corrected chi connectivity index (χ0v) is 14.9. The molecule has 1 aliphatic carbocycles. The molecule has 134 valence electrons. The number of carbonyl (C=O) groups is 2. The number of nitrogens with zero attached hydrogens (tertiary/aromatic N) is 1. The molecule has 2 fully saturated rings. The third-order valence-electron chi connectivity index (χ3n) is 4.93. The van der Waals surface area contributed by atoms with Gasteiger partial charge in [0, 0.05) is 5.02 Å². The molecule has 1 aliphatic heterocycles. The van der Waals surface area contributed by atoms with Gasteiger partial charge in [0.1, 0.15) is 0 Å². The van der Waals surface area contributed by atoms with Gasteiger partial charge in [-0.2, -0.15) is 0 Å². The zero-order valence-electron chi connectivity index (χ0n) is 14.1. The van der Waals surface area contributed by atoms with Crippen molar-refractivity contribution < 1.29 is 14.3 Å². The highest BCUT2D eigenvalue weighted by Gasteiger charge is 2.40. The lowest BCUT2D eigenvalue weighted by molar-refractivity contribution is -0.124. The van der Waals surface area contributed by atoms with Crippen LogP contribution in [0.25, 0.3) is 0 Å². The van der Waals surface area contributed by atoms with E-state index in [0.717, 1.165) is 11.1 Å². The lowest BCUT2D eigenvalue weighted by Gasteiger charge is -2.27. The maximum Gasteiger partial charge on any atom is 0.411 e. The zero-order chi connectivity index (χ0) is 18.3. The SMILES string of the molecule is NC(=O)C1CN([C@@H](c2ccc(Cl)cc2)c2cccc(C3CC3)c2)C(=O)O1. The largest absolute Gasteiger partial charge is 0.434 e. The monoisotopic (exact) mass is 370 g/mol. The lowest BCUT2D eigenvalue weighted by Crippen LogP contribution is -2.34. The highest BCUT2D eigenvalue weighted by Crippen LogP contribution is 2.42. The Balaban J connectivity index is 1.74. The summed E-state index contributed by atoms with van der Waals surface area (Å²) in [6.07, 6.45) is 0.935. The first-order valence-electron chi connectivity index (χ1n) is 8.65. The first-order valence-corrected chi connectivity index (χ1v) is 9.02. The minimum Gasteiger partial charge on any atom is -0.434 e. The van der Waals surface area contributed by atoms with Crippen molar-refractivity contribution >= 4 is 23.6 Å². The molecule has 2 aromatic carbocycles. The van der Waals surface area contributed by atoms with Crippen molar-refractivity contribution in [2.75, 3.05) is 6.54 Å². The quantitative estimate of drug-likeness (QED) is 0.873. The number of hydrogen-bond acceptors (Lipinski definition) is 3. The van der Waals surface area contributed by atoms with Crippen molar-refractivity contribution in [3.8, 4) is 0 Å². The van der Waals surface area contributed by atoms with Crippen LogP contribution in [0.3, 0.4) is 0 Å². The second-order valence-electron chi connectivity index (χ2n) is 6.83. The van der Waals surface area contributed by atoms with E-state index >= 15 is 0 Å². The molecule has 0 spiro atoms. The maximum absolute atomic E-state index is 12.4. The predicted molar refractivity (Wildman–Crippen MR) is 97.9 cm³/mol. The van der Waals surface area contributed by atoms with Gasteiger partial charge in [-0.15, -0.1) is 0 Å². The van der Waals surface area contributed by atoms with Gasteiger partial charge in [0.15, 0.2) is 6.10 Å². The van der Waals surface area contributed by atoms with E-state index in [-0.39, 0.29) is 12.6 Å². The average molecular weight is 371 g/mol. The third-order valence-corrected chi connectivity index (χ3v) is 5.18. The molecule has 2 amide bonds. The average Bonchev–Trinajstić information content (AvgIpc) is 3.41. The topological polar surface area (TPSA) is 72.6 Å². The van der Waals surface area contributed by atoms with Gasteiger partial charge in [-0.1, -0.05) is 48.0 Å². The van der Waals surface area contributed by atoms with E-state index in [1.165, 1.54) is 18.4 Å². The van der Waals surface area contributed by atoms with Gasteiger partial charge in [-0.25, -0.2) is 4.79 Å². The Labute approximate surface area is 156 Å². The summed E-state index contributed by atoms with van der Waals surface area (Å²) < 4.78 is 5.16. The van der Waals surface area contributed by atoms with Gasteiger partial charge in [0.25, 0.3) is 5.91 Å². The van der Waals surface area contributed by atoms with Crippen LogP contribution in [0.5, 0.6) is 0 Å². The lowest BCUT2D eigenvalue weighted by atomic mass is 9.94. The number of nitrogens with two attached hydrogens (primary N) is 1. The van der Waals surface area contributed by atoms with Crippen molar-refractivity contribution in [1.82, 2.24) is 4.90 Å².